The van der Waals surface area contributed by atoms with Crippen molar-refractivity contribution < 1.29 is 0 Å². The van der Waals surface area contributed by atoms with Gasteiger partial charge in [0.15, 0.2) is 0 Å². The maximum absolute atomic E-state index is 6.22. The van der Waals surface area contributed by atoms with Crippen molar-refractivity contribution in [3.63, 3.8) is 0 Å². The second-order valence-corrected chi connectivity index (χ2v) is 4.78. The molecule has 0 spiro atoms. The van der Waals surface area contributed by atoms with Crippen LogP contribution in [0.1, 0.15) is 24.9 Å². The summed E-state index contributed by atoms with van der Waals surface area (Å²) in [5.74, 6) is 0. The van der Waals surface area contributed by atoms with Crippen molar-refractivity contribution >= 4 is 17.3 Å². The van der Waals surface area contributed by atoms with E-state index in [2.05, 4.69) is 6.58 Å². The molecule has 0 bridgehead atoms. The third-order valence-corrected chi connectivity index (χ3v) is 2.80. The first kappa shape index (κ1) is 13.1. The summed E-state index contributed by atoms with van der Waals surface area (Å²) >= 11 is 6.22. The average Bonchev–Trinajstić information content (AvgIpc) is 2.15. The van der Waals surface area contributed by atoms with E-state index in [1.807, 2.05) is 44.1 Å². The van der Waals surface area contributed by atoms with Crippen LogP contribution >= 0.6 is 11.6 Å². The van der Waals surface area contributed by atoms with E-state index in [-0.39, 0.29) is 6.04 Å². The van der Waals surface area contributed by atoms with Gasteiger partial charge in [-0.05, 0) is 31.0 Å². The highest BCUT2D eigenvalue weighted by atomic mass is 35.5. The van der Waals surface area contributed by atoms with Gasteiger partial charge in [-0.2, -0.15) is 0 Å². The van der Waals surface area contributed by atoms with Gasteiger partial charge in [-0.15, -0.1) is 6.58 Å². The number of anilines is 1. The van der Waals surface area contributed by atoms with Gasteiger partial charge in [0, 0.05) is 30.8 Å². The van der Waals surface area contributed by atoms with E-state index in [9.17, 15) is 0 Å². The van der Waals surface area contributed by atoms with Crippen molar-refractivity contribution in [2.45, 2.75) is 19.4 Å². The van der Waals surface area contributed by atoms with Crippen LogP contribution < -0.4 is 10.6 Å². The summed E-state index contributed by atoms with van der Waals surface area (Å²) in [4.78, 5) is 2.01. The van der Waals surface area contributed by atoms with Gasteiger partial charge in [0.1, 0.15) is 0 Å². The standard InChI is InChI=1S/C13H19ClN2/c1-9(2)7-13(15)11-6-5-10(16(3)4)8-12(11)14/h5-6,8,13H,1,7,15H2,2-4H3/t13-/m1/s1. The Hall–Kier alpha value is -0.990. The van der Waals surface area contributed by atoms with Gasteiger partial charge in [0.05, 0.1) is 0 Å². The topological polar surface area (TPSA) is 29.3 Å². The Kier molecular flexibility index (Phi) is 4.39. The molecule has 16 heavy (non-hydrogen) atoms. The largest absolute Gasteiger partial charge is 0.378 e. The zero-order valence-electron chi connectivity index (χ0n) is 10.1. The van der Waals surface area contributed by atoms with Crippen LogP contribution in [0.25, 0.3) is 0 Å². The molecule has 0 unspecified atom stereocenters. The monoisotopic (exact) mass is 238 g/mol. The van der Waals surface area contributed by atoms with Crippen molar-refractivity contribution in [2.24, 2.45) is 5.73 Å². The summed E-state index contributed by atoms with van der Waals surface area (Å²) in [7, 11) is 3.97. The molecule has 0 amide bonds. The van der Waals surface area contributed by atoms with E-state index in [0.29, 0.717) is 0 Å². The Morgan fingerprint density at radius 2 is 2.12 bits per heavy atom. The van der Waals surface area contributed by atoms with Crippen molar-refractivity contribution in [1.82, 2.24) is 0 Å². The Balaban J connectivity index is 2.94. The van der Waals surface area contributed by atoms with E-state index < -0.39 is 0 Å². The number of hydrogen-bond acceptors (Lipinski definition) is 2. The molecule has 1 rings (SSSR count). The minimum atomic E-state index is -0.0683. The Morgan fingerprint density at radius 3 is 2.56 bits per heavy atom. The fraction of sp³-hybridized carbons (Fsp3) is 0.385. The smallest absolute Gasteiger partial charge is 0.0474 e. The van der Waals surface area contributed by atoms with Crippen LogP contribution in [-0.2, 0) is 0 Å². The molecule has 0 saturated carbocycles. The fourth-order valence-corrected chi connectivity index (χ4v) is 1.90. The molecule has 1 aromatic carbocycles. The minimum absolute atomic E-state index is 0.0683. The highest BCUT2D eigenvalue weighted by Crippen LogP contribution is 2.28. The summed E-state index contributed by atoms with van der Waals surface area (Å²) in [5, 5.41) is 0.722. The lowest BCUT2D eigenvalue weighted by molar-refractivity contribution is 0.717. The number of benzene rings is 1. The van der Waals surface area contributed by atoms with Crippen LogP contribution in [-0.4, -0.2) is 14.1 Å². The van der Waals surface area contributed by atoms with E-state index in [1.54, 1.807) is 0 Å². The predicted molar refractivity (Wildman–Crippen MR) is 72.1 cm³/mol. The lowest BCUT2D eigenvalue weighted by Crippen LogP contribution is -2.13. The van der Waals surface area contributed by atoms with Gasteiger partial charge in [-0.3, -0.25) is 0 Å². The third kappa shape index (κ3) is 3.26. The summed E-state index contributed by atoms with van der Waals surface area (Å²) in [6, 6.07) is 5.89. The molecule has 2 nitrogen and oxygen atoms in total. The first-order chi connectivity index (χ1) is 7.41. The highest BCUT2D eigenvalue weighted by molar-refractivity contribution is 6.31. The molecule has 0 fully saturated rings. The van der Waals surface area contributed by atoms with Crippen molar-refractivity contribution in [3.05, 3.63) is 40.9 Å². The van der Waals surface area contributed by atoms with Gasteiger partial charge < -0.3 is 10.6 Å². The molecule has 3 heteroatoms. The van der Waals surface area contributed by atoms with Gasteiger partial charge in [-0.1, -0.05) is 23.2 Å². The van der Waals surface area contributed by atoms with Crippen molar-refractivity contribution in [2.75, 3.05) is 19.0 Å². The summed E-state index contributed by atoms with van der Waals surface area (Å²) in [6.07, 6.45) is 0.765. The number of nitrogens with zero attached hydrogens (tertiary/aromatic N) is 1. The summed E-state index contributed by atoms with van der Waals surface area (Å²) in [5.41, 5.74) is 9.20. The molecular weight excluding hydrogens is 220 g/mol. The van der Waals surface area contributed by atoms with Crippen LogP contribution in [0, 0.1) is 0 Å². The summed E-state index contributed by atoms with van der Waals surface area (Å²) in [6.45, 7) is 5.84. The number of hydrogen-bond donors (Lipinski definition) is 1. The van der Waals surface area contributed by atoms with Gasteiger partial charge in [0.2, 0.25) is 0 Å². The second-order valence-electron chi connectivity index (χ2n) is 4.37. The van der Waals surface area contributed by atoms with Crippen LogP contribution in [0.5, 0.6) is 0 Å². The van der Waals surface area contributed by atoms with Crippen molar-refractivity contribution in [1.29, 1.82) is 0 Å². The lowest BCUT2D eigenvalue weighted by Gasteiger charge is -2.17. The minimum Gasteiger partial charge on any atom is -0.378 e. The normalized spacial score (nSPS) is 12.3. The molecule has 0 radical (unpaired) electrons. The Labute approximate surface area is 103 Å². The molecule has 0 aliphatic carbocycles. The zero-order valence-corrected chi connectivity index (χ0v) is 10.9. The fourth-order valence-electron chi connectivity index (χ4n) is 1.58. The summed E-state index contributed by atoms with van der Waals surface area (Å²) < 4.78 is 0. The van der Waals surface area contributed by atoms with Gasteiger partial charge in [-0.25, -0.2) is 0 Å². The molecule has 0 saturated heterocycles. The quantitative estimate of drug-likeness (QED) is 0.815. The maximum Gasteiger partial charge on any atom is 0.0474 e. The molecule has 0 aliphatic heterocycles. The lowest BCUT2D eigenvalue weighted by atomic mass is 10.0. The zero-order chi connectivity index (χ0) is 12.3. The Morgan fingerprint density at radius 1 is 1.50 bits per heavy atom. The molecule has 0 aliphatic rings. The molecule has 1 aromatic rings. The predicted octanol–water partition coefficient (Wildman–Crippen LogP) is 3.37. The van der Waals surface area contributed by atoms with E-state index in [0.717, 1.165) is 28.3 Å². The van der Waals surface area contributed by atoms with Gasteiger partial charge in [0.25, 0.3) is 0 Å². The SMILES string of the molecule is C=C(C)C[C@@H](N)c1ccc(N(C)C)cc1Cl. The van der Waals surface area contributed by atoms with Gasteiger partial charge >= 0.3 is 0 Å². The first-order valence-electron chi connectivity index (χ1n) is 5.28. The van der Waals surface area contributed by atoms with Crippen LogP contribution in [0.4, 0.5) is 5.69 Å². The molecule has 88 valence electrons. The highest BCUT2D eigenvalue weighted by Gasteiger charge is 2.11. The van der Waals surface area contributed by atoms with E-state index >= 15 is 0 Å². The van der Waals surface area contributed by atoms with Crippen molar-refractivity contribution in [3.8, 4) is 0 Å². The molecule has 0 aromatic heterocycles. The average molecular weight is 239 g/mol. The second kappa shape index (κ2) is 5.37. The van der Waals surface area contributed by atoms with Crippen LogP contribution in [0.2, 0.25) is 5.02 Å². The Bertz CT molecular complexity index is 386. The van der Waals surface area contributed by atoms with E-state index in [1.165, 1.54) is 0 Å². The molecule has 2 N–H and O–H groups in total. The third-order valence-electron chi connectivity index (χ3n) is 2.47. The number of nitrogens with two attached hydrogens (primary N) is 1. The van der Waals surface area contributed by atoms with Crippen LogP contribution in [0.15, 0.2) is 30.4 Å². The maximum atomic E-state index is 6.22. The first-order valence-corrected chi connectivity index (χ1v) is 5.66. The molecule has 1 atom stereocenters. The van der Waals surface area contributed by atoms with E-state index in [4.69, 9.17) is 17.3 Å². The molecular formula is C13H19ClN2. The van der Waals surface area contributed by atoms with Crippen LogP contribution in [0.3, 0.4) is 0 Å². The number of halogens is 1. The number of rotatable bonds is 4. The molecule has 0 heterocycles.